The van der Waals surface area contributed by atoms with Crippen molar-refractivity contribution in [2.24, 2.45) is 0 Å². The summed E-state index contributed by atoms with van der Waals surface area (Å²) in [5, 5.41) is 10.5. The molecule has 1 atom stereocenters. The van der Waals surface area contributed by atoms with Crippen LogP contribution in [0, 0.1) is 0 Å². The summed E-state index contributed by atoms with van der Waals surface area (Å²) in [7, 11) is 2.07. The summed E-state index contributed by atoms with van der Waals surface area (Å²) < 4.78 is 5.90. The molecule has 0 saturated heterocycles. The molecule has 0 amide bonds. The molecule has 31 heavy (non-hydrogen) atoms. The Morgan fingerprint density at radius 1 is 1.10 bits per heavy atom. The molecule has 4 rings (SSSR count). The van der Waals surface area contributed by atoms with Crippen molar-refractivity contribution >= 4 is 0 Å². The summed E-state index contributed by atoms with van der Waals surface area (Å²) >= 11 is 0. The van der Waals surface area contributed by atoms with Gasteiger partial charge >= 0.3 is 0 Å². The van der Waals surface area contributed by atoms with Gasteiger partial charge in [0.05, 0.1) is 5.69 Å². The Morgan fingerprint density at radius 2 is 1.97 bits per heavy atom. The van der Waals surface area contributed by atoms with E-state index in [0.29, 0.717) is 13.2 Å². The zero-order chi connectivity index (χ0) is 21.5. The molecule has 0 bridgehead atoms. The van der Waals surface area contributed by atoms with E-state index in [0.717, 1.165) is 49.6 Å². The molecule has 0 fully saturated rings. The molecule has 1 unspecified atom stereocenters. The fourth-order valence-electron chi connectivity index (χ4n) is 4.04. The summed E-state index contributed by atoms with van der Waals surface area (Å²) in [5.41, 5.74) is 4.94. The van der Waals surface area contributed by atoms with E-state index in [1.807, 2.05) is 24.3 Å². The van der Waals surface area contributed by atoms with Crippen LogP contribution in [0.3, 0.4) is 0 Å². The summed E-state index contributed by atoms with van der Waals surface area (Å²) in [6.07, 6.45) is 3.85. The van der Waals surface area contributed by atoms with Crippen molar-refractivity contribution in [1.29, 1.82) is 0 Å². The number of aliphatic hydroxyl groups is 1. The van der Waals surface area contributed by atoms with Crippen LogP contribution in [0.2, 0.25) is 0 Å². The van der Waals surface area contributed by atoms with Gasteiger partial charge in [0.15, 0.2) is 0 Å². The first-order valence-corrected chi connectivity index (χ1v) is 10.8. The minimum Gasteiger partial charge on any atom is -0.491 e. The summed E-state index contributed by atoms with van der Waals surface area (Å²) in [6.45, 7) is 4.32. The molecule has 6 heteroatoms. The van der Waals surface area contributed by atoms with E-state index < -0.39 is 6.10 Å². The van der Waals surface area contributed by atoms with Crippen LogP contribution in [-0.4, -0.2) is 57.7 Å². The van der Waals surface area contributed by atoms with Crippen molar-refractivity contribution in [1.82, 2.24) is 19.8 Å². The number of ether oxygens (including phenoxy) is 1. The van der Waals surface area contributed by atoms with Crippen LogP contribution in [0.15, 0.2) is 67.1 Å². The molecular weight excluding hydrogens is 388 g/mol. The molecule has 1 N–H and O–H groups in total. The van der Waals surface area contributed by atoms with Crippen LogP contribution in [-0.2, 0) is 26.1 Å². The number of benzene rings is 2. The Bertz CT molecular complexity index is 967. The molecule has 2 heterocycles. The fraction of sp³-hybridized carbons (Fsp3) is 0.360. The topological polar surface area (TPSA) is 61.7 Å². The van der Waals surface area contributed by atoms with Crippen molar-refractivity contribution in [2.75, 3.05) is 26.7 Å². The van der Waals surface area contributed by atoms with Crippen LogP contribution in [0.4, 0.5) is 0 Å². The lowest BCUT2D eigenvalue weighted by Gasteiger charge is -2.30. The van der Waals surface area contributed by atoms with Crippen molar-refractivity contribution in [3.05, 3.63) is 89.5 Å². The van der Waals surface area contributed by atoms with Gasteiger partial charge in [0.25, 0.3) is 0 Å². The van der Waals surface area contributed by atoms with E-state index in [1.165, 1.54) is 11.1 Å². The molecular formula is C25H30N4O2. The molecule has 0 saturated carbocycles. The van der Waals surface area contributed by atoms with Gasteiger partial charge in [0, 0.05) is 38.9 Å². The zero-order valence-electron chi connectivity index (χ0n) is 18.0. The highest BCUT2D eigenvalue weighted by atomic mass is 16.5. The second-order valence-electron chi connectivity index (χ2n) is 8.24. The lowest BCUT2D eigenvalue weighted by Crippen LogP contribution is -2.38. The quantitative estimate of drug-likeness (QED) is 0.577. The Hall–Kier alpha value is -2.80. The van der Waals surface area contributed by atoms with Crippen LogP contribution in [0.25, 0.3) is 0 Å². The maximum absolute atomic E-state index is 10.5. The van der Waals surface area contributed by atoms with Crippen LogP contribution >= 0.6 is 0 Å². The number of fused-ring (bicyclic) bond motifs is 1. The number of rotatable bonds is 9. The monoisotopic (exact) mass is 418 g/mol. The molecule has 162 valence electrons. The SMILES string of the molecule is CN(Cc1cccc(OCC(O)CN2CCc3ccccc3C2)c1)Cc1ccncn1. The molecule has 1 aromatic heterocycles. The van der Waals surface area contributed by atoms with Gasteiger partial charge in [-0.2, -0.15) is 0 Å². The second-order valence-corrected chi connectivity index (χ2v) is 8.24. The maximum Gasteiger partial charge on any atom is 0.119 e. The summed E-state index contributed by atoms with van der Waals surface area (Å²) in [6, 6.07) is 18.6. The van der Waals surface area contributed by atoms with Gasteiger partial charge in [-0.25, -0.2) is 9.97 Å². The van der Waals surface area contributed by atoms with E-state index >= 15 is 0 Å². The molecule has 1 aliphatic heterocycles. The third-order valence-electron chi connectivity index (χ3n) is 5.55. The van der Waals surface area contributed by atoms with Crippen molar-refractivity contribution in [2.45, 2.75) is 32.2 Å². The smallest absolute Gasteiger partial charge is 0.119 e. The Kier molecular flexibility index (Phi) is 7.25. The predicted octanol–water partition coefficient (Wildman–Crippen LogP) is 2.91. The highest BCUT2D eigenvalue weighted by Crippen LogP contribution is 2.19. The first-order valence-electron chi connectivity index (χ1n) is 10.8. The van der Waals surface area contributed by atoms with Crippen molar-refractivity contribution < 1.29 is 9.84 Å². The minimum atomic E-state index is -0.519. The lowest BCUT2D eigenvalue weighted by molar-refractivity contribution is 0.0637. The Balaban J connectivity index is 1.24. The van der Waals surface area contributed by atoms with Gasteiger partial charge in [-0.1, -0.05) is 36.4 Å². The fourth-order valence-corrected chi connectivity index (χ4v) is 4.04. The number of β-amino-alcohol motifs (C(OH)–C–C–N with tert-alkyl or cyclic N) is 1. The minimum absolute atomic E-state index is 0.290. The van der Waals surface area contributed by atoms with E-state index in [-0.39, 0.29) is 0 Å². The van der Waals surface area contributed by atoms with Crippen molar-refractivity contribution in [3.8, 4) is 5.75 Å². The average Bonchev–Trinajstić information content (AvgIpc) is 2.78. The third-order valence-corrected chi connectivity index (χ3v) is 5.55. The second kappa shape index (κ2) is 10.5. The molecule has 0 radical (unpaired) electrons. The van der Waals surface area contributed by atoms with Crippen LogP contribution in [0.5, 0.6) is 5.75 Å². The highest BCUT2D eigenvalue weighted by molar-refractivity contribution is 5.29. The molecule has 6 nitrogen and oxygen atoms in total. The van der Waals surface area contributed by atoms with Gasteiger partial charge in [-0.15, -0.1) is 0 Å². The molecule has 0 aliphatic carbocycles. The van der Waals surface area contributed by atoms with Gasteiger partial charge in [-0.3, -0.25) is 9.80 Å². The molecule has 1 aliphatic rings. The molecule has 0 spiro atoms. The van der Waals surface area contributed by atoms with Crippen LogP contribution in [0.1, 0.15) is 22.4 Å². The first-order chi connectivity index (χ1) is 15.2. The van der Waals surface area contributed by atoms with Crippen LogP contribution < -0.4 is 4.74 Å². The largest absolute Gasteiger partial charge is 0.491 e. The number of aromatic nitrogens is 2. The van der Waals surface area contributed by atoms with Crippen molar-refractivity contribution in [3.63, 3.8) is 0 Å². The van der Waals surface area contributed by atoms with Gasteiger partial charge in [0.2, 0.25) is 0 Å². The van der Waals surface area contributed by atoms with E-state index in [2.05, 4.69) is 57.1 Å². The summed E-state index contributed by atoms with van der Waals surface area (Å²) in [5.74, 6) is 0.788. The number of aliphatic hydroxyl groups excluding tert-OH is 1. The van der Waals surface area contributed by atoms with Gasteiger partial charge in [-0.05, 0) is 48.4 Å². The summed E-state index contributed by atoms with van der Waals surface area (Å²) in [4.78, 5) is 12.7. The number of hydrogen-bond acceptors (Lipinski definition) is 6. The maximum atomic E-state index is 10.5. The number of nitrogens with zero attached hydrogens (tertiary/aromatic N) is 4. The van der Waals surface area contributed by atoms with E-state index in [4.69, 9.17) is 4.74 Å². The number of hydrogen-bond donors (Lipinski definition) is 1. The predicted molar refractivity (Wildman–Crippen MR) is 121 cm³/mol. The molecule has 3 aromatic rings. The lowest BCUT2D eigenvalue weighted by atomic mass is 10.00. The normalized spacial score (nSPS) is 14.9. The standard InChI is InChI=1S/C25H30N4O2/c1-28(16-23-9-11-26-19-27-23)14-20-5-4-8-25(13-20)31-18-24(30)17-29-12-10-21-6-2-3-7-22(21)15-29/h2-9,11,13,19,24,30H,10,12,14-18H2,1H3. The molecule has 2 aromatic carbocycles. The zero-order valence-corrected chi connectivity index (χ0v) is 18.0. The third kappa shape index (κ3) is 6.34. The Labute approximate surface area is 184 Å². The van der Waals surface area contributed by atoms with E-state index in [9.17, 15) is 5.11 Å². The highest BCUT2D eigenvalue weighted by Gasteiger charge is 2.18. The van der Waals surface area contributed by atoms with E-state index in [1.54, 1.807) is 12.5 Å². The van der Waals surface area contributed by atoms with Gasteiger partial charge in [0.1, 0.15) is 24.8 Å². The average molecular weight is 419 g/mol. The Morgan fingerprint density at radius 3 is 2.81 bits per heavy atom. The first kappa shape index (κ1) is 21.4. The van der Waals surface area contributed by atoms with Gasteiger partial charge < -0.3 is 9.84 Å².